The highest BCUT2D eigenvalue weighted by molar-refractivity contribution is 6.07. The van der Waals surface area contributed by atoms with Crippen LogP contribution in [-0.4, -0.2) is 36.2 Å². The van der Waals surface area contributed by atoms with Crippen LogP contribution in [0.25, 0.3) is 0 Å². The van der Waals surface area contributed by atoms with Crippen LogP contribution in [0.3, 0.4) is 0 Å². The number of rotatable bonds is 4. The maximum Gasteiger partial charge on any atom is 0.254 e. The first kappa shape index (κ1) is 19.2. The van der Waals surface area contributed by atoms with Gasteiger partial charge in [0.1, 0.15) is 0 Å². The van der Waals surface area contributed by atoms with Gasteiger partial charge >= 0.3 is 0 Å². The molecule has 1 saturated heterocycles. The number of hydrogen-bond acceptors (Lipinski definition) is 3. The van der Waals surface area contributed by atoms with E-state index in [1.807, 2.05) is 23.1 Å². The molecule has 132 valence electrons. The first-order valence-corrected chi connectivity index (χ1v) is 8.26. The molecule has 2 aromatic rings. The monoisotopic (exact) mass is 358 g/mol. The first-order chi connectivity index (χ1) is 11.6. The molecule has 2 N–H and O–H groups in total. The number of nitrogens with two attached hydrogens (primary N) is 1. The van der Waals surface area contributed by atoms with Gasteiger partial charge < -0.3 is 10.6 Å². The molecular formula is C20H23ClN2O2. The number of hydrogen-bond donors (Lipinski definition) is 1. The lowest BCUT2D eigenvalue weighted by Crippen LogP contribution is -2.30. The van der Waals surface area contributed by atoms with E-state index < -0.39 is 0 Å². The van der Waals surface area contributed by atoms with Gasteiger partial charge in [-0.3, -0.25) is 9.59 Å². The molecule has 1 amide bonds. The number of carbonyl (C=O) groups is 2. The topological polar surface area (TPSA) is 63.4 Å². The molecule has 0 bridgehead atoms. The summed E-state index contributed by atoms with van der Waals surface area (Å²) in [6.07, 6.45) is 0. The number of carbonyl (C=O) groups excluding carboxylic acids is 2. The van der Waals surface area contributed by atoms with E-state index >= 15 is 0 Å². The largest absolute Gasteiger partial charge is 0.338 e. The summed E-state index contributed by atoms with van der Waals surface area (Å²) in [7, 11) is 0. The summed E-state index contributed by atoms with van der Waals surface area (Å²) in [4.78, 5) is 26.6. The Morgan fingerprint density at radius 2 is 1.60 bits per heavy atom. The maximum atomic E-state index is 12.9. The highest BCUT2D eigenvalue weighted by Gasteiger charge is 2.36. The van der Waals surface area contributed by atoms with Crippen LogP contribution in [0.5, 0.6) is 0 Å². The molecule has 0 aromatic heterocycles. The molecule has 4 nitrogen and oxygen atoms in total. The zero-order chi connectivity index (χ0) is 17.1. The average Bonchev–Trinajstić information content (AvgIpc) is 3.06. The van der Waals surface area contributed by atoms with Gasteiger partial charge in [0.05, 0.1) is 5.56 Å². The summed E-state index contributed by atoms with van der Waals surface area (Å²) in [5.74, 6) is 0.302. The van der Waals surface area contributed by atoms with Gasteiger partial charge in [-0.25, -0.2) is 0 Å². The SMILES string of the molecule is CC(=O)c1ccccc1C(=O)N1C[C@@H](CN)[C@H](c2ccccc2)C1.Cl. The van der Waals surface area contributed by atoms with E-state index in [9.17, 15) is 9.59 Å². The van der Waals surface area contributed by atoms with Crippen LogP contribution >= 0.6 is 12.4 Å². The van der Waals surface area contributed by atoms with Crippen LogP contribution in [0.1, 0.15) is 39.1 Å². The lowest BCUT2D eigenvalue weighted by Gasteiger charge is -2.18. The molecule has 2 aromatic carbocycles. The molecule has 0 aliphatic carbocycles. The Labute approximate surface area is 154 Å². The van der Waals surface area contributed by atoms with Crippen molar-refractivity contribution in [2.75, 3.05) is 19.6 Å². The number of Topliss-reactive ketones (excluding diaryl/α,β-unsaturated/α-hetero) is 1. The molecule has 1 aliphatic heterocycles. The Bertz CT molecular complexity index is 748. The molecule has 0 spiro atoms. The first-order valence-electron chi connectivity index (χ1n) is 8.26. The number of ketones is 1. The summed E-state index contributed by atoms with van der Waals surface area (Å²) in [5.41, 5.74) is 8.12. The molecule has 5 heteroatoms. The number of amides is 1. The van der Waals surface area contributed by atoms with Crippen molar-refractivity contribution in [2.24, 2.45) is 11.7 Å². The Kier molecular flexibility index (Phi) is 6.34. The minimum Gasteiger partial charge on any atom is -0.338 e. The molecule has 0 radical (unpaired) electrons. The van der Waals surface area contributed by atoms with Crippen molar-refractivity contribution in [1.82, 2.24) is 4.90 Å². The van der Waals surface area contributed by atoms with Crippen LogP contribution in [0.15, 0.2) is 54.6 Å². The quantitative estimate of drug-likeness (QED) is 0.854. The summed E-state index contributed by atoms with van der Waals surface area (Å²) < 4.78 is 0. The van der Waals surface area contributed by atoms with Gasteiger partial charge in [-0.2, -0.15) is 0 Å². The number of likely N-dealkylation sites (tertiary alicyclic amines) is 1. The van der Waals surface area contributed by atoms with Crippen molar-refractivity contribution < 1.29 is 9.59 Å². The van der Waals surface area contributed by atoms with Gasteiger partial charge in [0.15, 0.2) is 5.78 Å². The fourth-order valence-electron chi connectivity index (χ4n) is 3.50. The van der Waals surface area contributed by atoms with E-state index in [4.69, 9.17) is 5.73 Å². The predicted octanol–water partition coefficient (Wildman–Crippen LogP) is 3.13. The highest BCUT2D eigenvalue weighted by Crippen LogP contribution is 2.33. The molecule has 1 aliphatic rings. The van der Waals surface area contributed by atoms with E-state index in [1.54, 1.807) is 24.3 Å². The van der Waals surface area contributed by atoms with E-state index in [1.165, 1.54) is 12.5 Å². The van der Waals surface area contributed by atoms with Crippen molar-refractivity contribution >= 4 is 24.1 Å². The fraction of sp³-hybridized carbons (Fsp3) is 0.300. The van der Waals surface area contributed by atoms with Crippen molar-refractivity contribution in [3.05, 3.63) is 71.3 Å². The Morgan fingerprint density at radius 3 is 2.20 bits per heavy atom. The van der Waals surface area contributed by atoms with Crippen molar-refractivity contribution in [3.63, 3.8) is 0 Å². The van der Waals surface area contributed by atoms with Crippen LogP contribution in [0.4, 0.5) is 0 Å². The van der Waals surface area contributed by atoms with E-state index in [0.717, 1.165) is 0 Å². The van der Waals surface area contributed by atoms with Crippen molar-refractivity contribution in [1.29, 1.82) is 0 Å². The average molecular weight is 359 g/mol. The third kappa shape index (κ3) is 3.91. The summed E-state index contributed by atoms with van der Waals surface area (Å²) in [6.45, 7) is 3.29. The minimum atomic E-state index is -0.0897. The molecule has 25 heavy (non-hydrogen) atoms. The van der Waals surface area contributed by atoms with E-state index in [2.05, 4.69) is 12.1 Å². The van der Waals surface area contributed by atoms with Gasteiger partial charge in [0, 0.05) is 24.6 Å². The smallest absolute Gasteiger partial charge is 0.254 e. The predicted molar refractivity (Wildman–Crippen MR) is 101 cm³/mol. The molecule has 1 heterocycles. The third-order valence-electron chi connectivity index (χ3n) is 4.80. The minimum absolute atomic E-state index is 0. The maximum absolute atomic E-state index is 12.9. The lowest BCUT2D eigenvalue weighted by molar-refractivity contribution is 0.0781. The lowest BCUT2D eigenvalue weighted by atomic mass is 9.89. The van der Waals surface area contributed by atoms with Gasteiger partial charge in [-0.05, 0) is 31.0 Å². The Balaban J connectivity index is 0.00000225. The standard InChI is InChI=1S/C20H22N2O2.ClH/c1-14(23)17-9-5-6-10-18(17)20(24)22-12-16(11-21)19(13-22)15-7-3-2-4-8-15;/h2-10,16,19H,11-13,21H2,1H3;1H/t16-,19+;/m1./s1. The fourth-order valence-corrected chi connectivity index (χ4v) is 3.50. The number of nitrogens with zero attached hydrogens (tertiary/aromatic N) is 1. The van der Waals surface area contributed by atoms with Crippen molar-refractivity contribution in [3.8, 4) is 0 Å². The molecule has 3 rings (SSSR count). The summed E-state index contributed by atoms with van der Waals surface area (Å²) in [6, 6.07) is 17.2. The third-order valence-corrected chi connectivity index (χ3v) is 4.80. The molecule has 0 saturated carbocycles. The normalized spacial score (nSPS) is 19.4. The number of benzene rings is 2. The van der Waals surface area contributed by atoms with Gasteiger partial charge in [-0.15, -0.1) is 12.4 Å². The van der Waals surface area contributed by atoms with Crippen LogP contribution in [0.2, 0.25) is 0 Å². The van der Waals surface area contributed by atoms with E-state index in [0.29, 0.717) is 30.8 Å². The van der Waals surface area contributed by atoms with Gasteiger partial charge in [0.25, 0.3) is 5.91 Å². The zero-order valence-electron chi connectivity index (χ0n) is 14.2. The summed E-state index contributed by atoms with van der Waals surface area (Å²) >= 11 is 0. The zero-order valence-corrected chi connectivity index (χ0v) is 15.0. The second kappa shape index (κ2) is 8.28. The highest BCUT2D eigenvalue weighted by atomic mass is 35.5. The second-order valence-electron chi connectivity index (χ2n) is 6.32. The van der Waals surface area contributed by atoms with Gasteiger partial charge in [-0.1, -0.05) is 48.5 Å². The second-order valence-corrected chi connectivity index (χ2v) is 6.32. The van der Waals surface area contributed by atoms with Crippen molar-refractivity contribution in [2.45, 2.75) is 12.8 Å². The summed E-state index contributed by atoms with van der Waals surface area (Å²) in [5, 5.41) is 0. The van der Waals surface area contributed by atoms with Crippen LogP contribution < -0.4 is 5.73 Å². The molecular weight excluding hydrogens is 336 g/mol. The molecule has 2 atom stereocenters. The van der Waals surface area contributed by atoms with Gasteiger partial charge in [0.2, 0.25) is 0 Å². The Morgan fingerprint density at radius 1 is 1.00 bits per heavy atom. The number of halogens is 1. The molecule has 0 unspecified atom stereocenters. The molecule has 1 fully saturated rings. The van der Waals surface area contributed by atoms with Crippen LogP contribution in [-0.2, 0) is 0 Å². The Hall–Kier alpha value is -2.17. The van der Waals surface area contributed by atoms with Crippen LogP contribution in [0, 0.1) is 5.92 Å². The van der Waals surface area contributed by atoms with E-state index in [-0.39, 0.29) is 35.9 Å².